The van der Waals surface area contributed by atoms with Gasteiger partial charge in [-0.05, 0) is 37.7 Å². The Labute approximate surface area is 101 Å². The van der Waals surface area contributed by atoms with E-state index in [4.69, 9.17) is 0 Å². The van der Waals surface area contributed by atoms with Gasteiger partial charge < -0.3 is 5.32 Å². The molecule has 2 atom stereocenters. The molecule has 2 unspecified atom stereocenters. The third kappa shape index (κ3) is 2.51. The summed E-state index contributed by atoms with van der Waals surface area (Å²) in [6.45, 7) is 4.08. The zero-order chi connectivity index (χ0) is 11.5. The van der Waals surface area contributed by atoms with Crippen LogP contribution < -0.4 is 5.32 Å². The van der Waals surface area contributed by atoms with Crippen LogP contribution in [0.3, 0.4) is 0 Å². The van der Waals surface area contributed by atoms with Crippen LogP contribution in [-0.2, 0) is 0 Å². The molecule has 1 saturated heterocycles. The second-order valence-electron chi connectivity index (χ2n) is 4.38. The van der Waals surface area contributed by atoms with Crippen molar-refractivity contribution in [1.82, 2.24) is 0 Å². The highest BCUT2D eigenvalue weighted by Crippen LogP contribution is 2.29. The molecule has 3 heteroatoms. The van der Waals surface area contributed by atoms with Gasteiger partial charge in [-0.15, -0.1) is 0 Å². The Morgan fingerprint density at radius 1 is 1.44 bits per heavy atom. The maximum absolute atomic E-state index is 13.4. The second-order valence-corrected chi connectivity index (χ2v) is 5.87. The van der Waals surface area contributed by atoms with E-state index in [0.717, 1.165) is 11.3 Å². The lowest BCUT2D eigenvalue weighted by Crippen LogP contribution is -2.33. The Morgan fingerprint density at radius 2 is 2.25 bits per heavy atom. The van der Waals surface area contributed by atoms with E-state index in [-0.39, 0.29) is 5.82 Å². The smallest absolute Gasteiger partial charge is 0.128 e. The number of nitrogens with one attached hydrogen (secondary N) is 1. The summed E-state index contributed by atoms with van der Waals surface area (Å²) in [5.74, 6) is 1.13. The molecule has 0 radical (unpaired) electrons. The molecule has 1 aromatic carbocycles. The Balaban J connectivity index is 2.10. The first kappa shape index (κ1) is 11.8. The summed E-state index contributed by atoms with van der Waals surface area (Å²) in [7, 11) is 0. The predicted molar refractivity (Wildman–Crippen MR) is 69.7 cm³/mol. The lowest BCUT2D eigenvalue weighted by Gasteiger charge is -2.30. The molecule has 0 bridgehead atoms. The van der Waals surface area contributed by atoms with Gasteiger partial charge in [-0.2, -0.15) is 11.8 Å². The third-order valence-electron chi connectivity index (χ3n) is 3.22. The number of halogens is 1. The van der Waals surface area contributed by atoms with Crippen LogP contribution in [0.5, 0.6) is 0 Å². The van der Waals surface area contributed by atoms with Crippen molar-refractivity contribution in [1.29, 1.82) is 0 Å². The quantitative estimate of drug-likeness (QED) is 0.841. The second kappa shape index (κ2) is 5.09. The summed E-state index contributed by atoms with van der Waals surface area (Å²) in [6, 6.07) is 5.72. The minimum Gasteiger partial charge on any atom is -0.381 e. The molecule has 88 valence electrons. The molecular weight excluding hydrogens is 221 g/mol. The molecule has 1 aliphatic heterocycles. The van der Waals surface area contributed by atoms with E-state index in [1.165, 1.54) is 24.7 Å². The number of hydrogen-bond acceptors (Lipinski definition) is 2. The first-order valence-electron chi connectivity index (χ1n) is 5.81. The molecule has 1 heterocycles. The maximum Gasteiger partial charge on any atom is 0.128 e. The molecule has 0 aromatic heterocycles. The molecule has 16 heavy (non-hydrogen) atoms. The maximum atomic E-state index is 13.4. The van der Waals surface area contributed by atoms with Crippen LogP contribution >= 0.6 is 11.8 Å². The van der Waals surface area contributed by atoms with E-state index in [9.17, 15) is 4.39 Å². The first-order chi connectivity index (χ1) is 7.68. The summed E-state index contributed by atoms with van der Waals surface area (Å²) in [6.07, 6.45) is 2.44. The Morgan fingerprint density at radius 3 is 3.00 bits per heavy atom. The highest BCUT2D eigenvalue weighted by atomic mass is 32.2. The van der Waals surface area contributed by atoms with Crippen LogP contribution in [0.4, 0.5) is 10.1 Å². The van der Waals surface area contributed by atoms with E-state index < -0.39 is 0 Å². The molecule has 2 rings (SSSR count). The zero-order valence-electron chi connectivity index (χ0n) is 9.79. The number of anilines is 1. The molecule has 1 nitrogen and oxygen atoms in total. The van der Waals surface area contributed by atoms with Crippen molar-refractivity contribution in [3.8, 4) is 0 Å². The van der Waals surface area contributed by atoms with Gasteiger partial charge in [0.2, 0.25) is 0 Å². The summed E-state index contributed by atoms with van der Waals surface area (Å²) in [5, 5.41) is 4.09. The number of thioether (sulfide) groups is 1. The van der Waals surface area contributed by atoms with E-state index in [2.05, 4.69) is 12.2 Å². The summed E-state index contributed by atoms with van der Waals surface area (Å²) < 4.78 is 13.4. The SMILES string of the molecule is Cc1c(F)cccc1NC1CCCSC1C. The fraction of sp³-hybridized carbons (Fsp3) is 0.538. The summed E-state index contributed by atoms with van der Waals surface area (Å²) in [4.78, 5) is 0. The Hall–Kier alpha value is -0.700. The molecule has 0 aliphatic carbocycles. The van der Waals surface area contributed by atoms with Crippen LogP contribution in [0.1, 0.15) is 25.3 Å². The standard InChI is InChI=1S/C13H18FNS/c1-9-11(14)5-3-6-12(9)15-13-7-4-8-16-10(13)2/h3,5-6,10,13,15H,4,7-8H2,1-2H3. The van der Waals surface area contributed by atoms with Crippen molar-refractivity contribution in [2.45, 2.75) is 38.0 Å². The molecule has 0 saturated carbocycles. The lowest BCUT2D eigenvalue weighted by atomic mass is 10.1. The Kier molecular flexibility index (Phi) is 3.74. The first-order valence-corrected chi connectivity index (χ1v) is 6.86. The van der Waals surface area contributed by atoms with Crippen molar-refractivity contribution < 1.29 is 4.39 Å². The Bertz CT molecular complexity index is 367. The molecule has 0 spiro atoms. The molecular formula is C13H18FNS. The average Bonchev–Trinajstić information content (AvgIpc) is 2.28. The number of rotatable bonds is 2. The van der Waals surface area contributed by atoms with Gasteiger partial charge in [-0.3, -0.25) is 0 Å². The van der Waals surface area contributed by atoms with Gasteiger partial charge in [0, 0.05) is 22.5 Å². The van der Waals surface area contributed by atoms with Gasteiger partial charge in [0.15, 0.2) is 0 Å². The van der Waals surface area contributed by atoms with Crippen LogP contribution in [0.15, 0.2) is 18.2 Å². The third-order valence-corrected chi connectivity index (χ3v) is 4.59. The minimum absolute atomic E-state index is 0.124. The summed E-state index contributed by atoms with van der Waals surface area (Å²) in [5.41, 5.74) is 1.67. The van der Waals surface area contributed by atoms with Gasteiger partial charge in [0.25, 0.3) is 0 Å². The van der Waals surface area contributed by atoms with Gasteiger partial charge in [0.1, 0.15) is 5.82 Å². The van der Waals surface area contributed by atoms with Crippen LogP contribution in [0.25, 0.3) is 0 Å². The average molecular weight is 239 g/mol. The highest BCUT2D eigenvalue weighted by molar-refractivity contribution is 8.00. The predicted octanol–water partition coefficient (Wildman–Crippen LogP) is 3.83. The molecule has 1 N–H and O–H groups in total. The summed E-state index contributed by atoms with van der Waals surface area (Å²) >= 11 is 2.00. The minimum atomic E-state index is -0.124. The van der Waals surface area contributed by atoms with Gasteiger partial charge in [-0.25, -0.2) is 4.39 Å². The number of hydrogen-bond donors (Lipinski definition) is 1. The lowest BCUT2D eigenvalue weighted by molar-refractivity contribution is 0.606. The molecule has 1 aromatic rings. The molecule has 1 fully saturated rings. The van der Waals surface area contributed by atoms with Crippen molar-refractivity contribution in [3.63, 3.8) is 0 Å². The van der Waals surface area contributed by atoms with Crippen LogP contribution in [0.2, 0.25) is 0 Å². The van der Waals surface area contributed by atoms with E-state index >= 15 is 0 Å². The monoisotopic (exact) mass is 239 g/mol. The molecule has 0 amide bonds. The van der Waals surface area contributed by atoms with Crippen molar-refractivity contribution in [2.24, 2.45) is 0 Å². The normalized spacial score (nSPS) is 25.4. The largest absolute Gasteiger partial charge is 0.381 e. The van der Waals surface area contributed by atoms with Crippen LogP contribution in [-0.4, -0.2) is 17.0 Å². The van der Waals surface area contributed by atoms with E-state index in [1.807, 2.05) is 24.8 Å². The highest BCUT2D eigenvalue weighted by Gasteiger charge is 2.22. The van der Waals surface area contributed by atoms with Crippen molar-refractivity contribution >= 4 is 17.4 Å². The van der Waals surface area contributed by atoms with E-state index in [1.54, 1.807) is 6.07 Å². The fourth-order valence-corrected chi connectivity index (χ4v) is 3.22. The van der Waals surface area contributed by atoms with Crippen molar-refractivity contribution in [3.05, 3.63) is 29.6 Å². The van der Waals surface area contributed by atoms with E-state index in [0.29, 0.717) is 11.3 Å². The van der Waals surface area contributed by atoms with Gasteiger partial charge in [0.05, 0.1) is 0 Å². The molecule has 1 aliphatic rings. The number of benzene rings is 1. The van der Waals surface area contributed by atoms with Gasteiger partial charge in [-0.1, -0.05) is 13.0 Å². The fourth-order valence-electron chi connectivity index (χ4n) is 2.08. The van der Waals surface area contributed by atoms with Gasteiger partial charge >= 0.3 is 0 Å². The van der Waals surface area contributed by atoms with Crippen molar-refractivity contribution in [2.75, 3.05) is 11.1 Å². The van der Waals surface area contributed by atoms with Crippen LogP contribution in [0, 0.1) is 12.7 Å². The topological polar surface area (TPSA) is 12.0 Å². The zero-order valence-corrected chi connectivity index (χ0v) is 10.6.